The third kappa shape index (κ3) is 3.73. The van der Waals surface area contributed by atoms with Gasteiger partial charge in [-0.1, -0.05) is 0 Å². The highest BCUT2D eigenvalue weighted by molar-refractivity contribution is 5.91. The first-order valence-corrected chi connectivity index (χ1v) is 9.48. The Morgan fingerprint density at radius 3 is 2.60 bits per heavy atom. The van der Waals surface area contributed by atoms with Gasteiger partial charge < -0.3 is 18.8 Å². The minimum Gasteiger partial charge on any atom is -0.467 e. The first-order chi connectivity index (χ1) is 14.5. The maximum atomic E-state index is 14.0. The SMILES string of the molecule is COCOc1cc([N+](=O)[O-])cc2c1cc(C1CCOCC1)n2-c1ccc(F)c(F)c1. The van der Waals surface area contributed by atoms with Crippen molar-refractivity contribution in [2.24, 2.45) is 0 Å². The average Bonchev–Trinajstić information content (AvgIpc) is 3.14. The Bertz CT molecular complexity index is 1090. The number of nitrogens with zero attached hydrogens (tertiary/aromatic N) is 2. The summed E-state index contributed by atoms with van der Waals surface area (Å²) in [7, 11) is 1.45. The van der Waals surface area contributed by atoms with E-state index in [-0.39, 0.29) is 24.1 Å². The molecule has 30 heavy (non-hydrogen) atoms. The normalized spacial score (nSPS) is 14.9. The fourth-order valence-electron chi connectivity index (χ4n) is 3.83. The van der Waals surface area contributed by atoms with Gasteiger partial charge in [0.05, 0.1) is 16.5 Å². The first-order valence-electron chi connectivity index (χ1n) is 9.48. The summed E-state index contributed by atoms with van der Waals surface area (Å²) >= 11 is 0. The molecule has 0 bridgehead atoms. The molecular weight excluding hydrogens is 398 g/mol. The number of fused-ring (bicyclic) bond motifs is 1. The first kappa shape index (κ1) is 20.2. The van der Waals surface area contributed by atoms with E-state index in [2.05, 4.69) is 0 Å². The van der Waals surface area contributed by atoms with Crippen molar-refractivity contribution in [1.29, 1.82) is 0 Å². The Balaban J connectivity index is 2.00. The van der Waals surface area contributed by atoms with E-state index < -0.39 is 16.6 Å². The Morgan fingerprint density at radius 1 is 1.17 bits per heavy atom. The number of nitro groups is 1. The number of methoxy groups -OCH3 is 1. The molecule has 0 N–H and O–H groups in total. The molecule has 7 nitrogen and oxygen atoms in total. The third-order valence-electron chi connectivity index (χ3n) is 5.24. The monoisotopic (exact) mass is 418 g/mol. The van der Waals surface area contributed by atoms with E-state index in [4.69, 9.17) is 14.2 Å². The second-order valence-electron chi connectivity index (χ2n) is 7.07. The third-order valence-corrected chi connectivity index (χ3v) is 5.24. The van der Waals surface area contributed by atoms with Crippen LogP contribution in [0, 0.1) is 21.7 Å². The molecule has 1 aliphatic heterocycles. The van der Waals surface area contributed by atoms with Crippen molar-refractivity contribution in [2.75, 3.05) is 27.1 Å². The molecule has 0 saturated carbocycles. The number of benzene rings is 2. The molecule has 0 atom stereocenters. The molecular formula is C21H20F2N2O5. The van der Waals surface area contributed by atoms with Gasteiger partial charge in [-0.3, -0.25) is 10.1 Å². The highest BCUT2D eigenvalue weighted by Crippen LogP contribution is 2.40. The number of hydrogen-bond acceptors (Lipinski definition) is 5. The molecule has 0 radical (unpaired) electrons. The number of nitro benzene ring substituents is 1. The van der Waals surface area contributed by atoms with Gasteiger partial charge in [-0.25, -0.2) is 8.78 Å². The van der Waals surface area contributed by atoms with Gasteiger partial charge in [0.1, 0.15) is 5.75 Å². The molecule has 4 rings (SSSR count). The summed E-state index contributed by atoms with van der Waals surface area (Å²) in [5.74, 6) is -1.57. The van der Waals surface area contributed by atoms with E-state index in [1.54, 1.807) is 4.57 Å². The van der Waals surface area contributed by atoms with E-state index in [9.17, 15) is 18.9 Å². The van der Waals surface area contributed by atoms with Crippen molar-refractivity contribution in [1.82, 2.24) is 4.57 Å². The topological polar surface area (TPSA) is 75.8 Å². The Hall–Kier alpha value is -3.04. The van der Waals surface area contributed by atoms with Crippen LogP contribution in [0.2, 0.25) is 0 Å². The van der Waals surface area contributed by atoms with E-state index in [1.807, 2.05) is 6.07 Å². The predicted octanol–water partition coefficient (Wildman–Crippen LogP) is 4.69. The molecule has 1 aliphatic rings. The largest absolute Gasteiger partial charge is 0.467 e. The predicted molar refractivity (Wildman–Crippen MR) is 105 cm³/mol. The highest BCUT2D eigenvalue weighted by Gasteiger charge is 2.25. The van der Waals surface area contributed by atoms with Crippen molar-refractivity contribution in [3.63, 3.8) is 0 Å². The second-order valence-corrected chi connectivity index (χ2v) is 7.07. The fraction of sp³-hybridized carbons (Fsp3) is 0.333. The van der Waals surface area contributed by atoms with Crippen LogP contribution in [0.25, 0.3) is 16.6 Å². The summed E-state index contributed by atoms with van der Waals surface area (Å²) in [6, 6.07) is 8.23. The molecule has 3 aromatic rings. The van der Waals surface area contributed by atoms with Gasteiger partial charge in [0.25, 0.3) is 5.69 Å². The molecule has 1 fully saturated rings. The molecule has 1 saturated heterocycles. The lowest BCUT2D eigenvalue weighted by atomic mass is 9.96. The molecule has 1 aromatic heterocycles. The van der Waals surface area contributed by atoms with E-state index >= 15 is 0 Å². The lowest BCUT2D eigenvalue weighted by molar-refractivity contribution is -0.384. The zero-order valence-electron chi connectivity index (χ0n) is 16.3. The van der Waals surface area contributed by atoms with Gasteiger partial charge in [0, 0.05) is 55.1 Å². The second kappa shape index (κ2) is 8.37. The summed E-state index contributed by atoms with van der Waals surface area (Å²) in [6.45, 7) is 1.08. The number of hydrogen-bond donors (Lipinski definition) is 0. The summed E-state index contributed by atoms with van der Waals surface area (Å²) < 4.78 is 45.3. The summed E-state index contributed by atoms with van der Waals surface area (Å²) in [5.41, 5.74) is 1.52. The average molecular weight is 418 g/mol. The minimum atomic E-state index is -0.992. The number of rotatable bonds is 6. The molecule has 9 heteroatoms. The van der Waals surface area contributed by atoms with Crippen LogP contribution in [0.3, 0.4) is 0 Å². The molecule has 2 aromatic carbocycles. The van der Waals surface area contributed by atoms with Gasteiger partial charge in [0.2, 0.25) is 0 Å². The standard InChI is InChI=1S/C21H20F2N2O5/c1-28-12-30-21-10-15(25(26)27)9-20-16(21)11-19(13-4-6-29-7-5-13)24(20)14-2-3-17(22)18(23)8-14/h2-3,8-11,13H,4-7,12H2,1H3. The van der Waals surface area contributed by atoms with Gasteiger partial charge in [-0.15, -0.1) is 0 Å². The van der Waals surface area contributed by atoms with E-state index in [1.165, 1.54) is 25.3 Å². The summed E-state index contributed by atoms with van der Waals surface area (Å²) in [4.78, 5) is 11.0. The fourth-order valence-corrected chi connectivity index (χ4v) is 3.83. The van der Waals surface area contributed by atoms with Gasteiger partial charge in [-0.2, -0.15) is 0 Å². The van der Waals surface area contributed by atoms with Crippen molar-refractivity contribution >= 4 is 16.6 Å². The van der Waals surface area contributed by atoms with Gasteiger partial charge in [-0.05, 0) is 31.0 Å². The van der Waals surface area contributed by atoms with Crippen LogP contribution < -0.4 is 4.74 Å². The molecule has 0 amide bonds. The van der Waals surface area contributed by atoms with Crippen LogP contribution in [-0.4, -0.2) is 36.6 Å². The van der Waals surface area contributed by atoms with Crippen molar-refractivity contribution < 1.29 is 27.9 Å². The zero-order valence-corrected chi connectivity index (χ0v) is 16.3. The maximum absolute atomic E-state index is 14.0. The lowest BCUT2D eigenvalue weighted by Crippen LogP contribution is -2.16. The zero-order chi connectivity index (χ0) is 21.3. The molecule has 158 valence electrons. The Kier molecular flexibility index (Phi) is 5.65. The van der Waals surface area contributed by atoms with E-state index in [0.717, 1.165) is 30.7 Å². The number of aromatic nitrogens is 1. The number of halogens is 2. The highest BCUT2D eigenvalue weighted by atomic mass is 19.2. The van der Waals surface area contributed by atoms with Crippen LogP contribution in [-0.2, 0) is 9.47 Å². The Labute approximate surface area is 170 Å². The minimum absolute atomic E-state index is 0.0841. The number of ether oxygens (including phenoxy) is 3. The van der Waals surface area contributed by atoms with Crippen LogP contribution in [0.5, 0.6) is 5.75 Å². The van der Waals surface area contributed by atoms with Crippen LogP contribution >= 0.6 is 0 Å². The van der Waals surface area contributed by atoms with Crippen LogP contribution in [0.15, 0.2) is 36.4 Å². The number of non-ortho nitro benzene ring substituents is 1. The molecule has 0 unspecified atom stereocenters. The van der Waals surface area contributed by atoms with Crippen LogP contribution in [0.4, 0.5) is 14.5 Å². The van der Waals surface area contributed by atoms with Crippen molar-refractivity contribution in [2.45, 2.75) is 18.8 Å². The van der Waals surface area contributed by atoms with E-state index in [0.29, 0.717) is 29.8 Å². The molecule has 0 spiro atoms. The quantitative estimate of drug-likeness (QED) is 0.330. The van der Waals surface area contributed by atoms with Crippen molar-refractivity contribution in [3.8, 4) is 11.4 Å². The van der Waals surface area contributed by atoms with Crippen LogP contribution in [0.1, 0.15) is 24.5 Å². The van der Waals surface area contributed by atoms with Gasteiger partial charge in [0.15, 0.2) is 18.4 Å². The Morgan fingerprint density at radius 2 is 1.93 bits per heavy atom. The summed E-state index contributed by atoms with van der Waals surface area (Å²) in [6.07, 6.45) is 1.49. The summed E-state index contributed by atoms with van der Waals surface area (Å²) in [5, 5.41) is 12.1. The lowest BCUT2D eigenvalue weighted by Gasteiger charge is -2.24. The molecule has 2 heterocycles. The molecule has 0 aliphatic carbocycles. The smallest absolute Gasteiger partial charge is 0.275 e. The maximum Gasteiger partial charge on any atom is 0.275 e. The van der Waals surface area contributed by atoms with Gasteiger partial charge >= 0.3 is 0 Å². The van der Waals surface area contributed by atoms with Crippen molar-refractivity contribution in [3.05, 3.63) is 63.8 Å².